The zero-order valence-corrected chi connectivity index (χ0v) is 18.5. The van der Waals surface area contributed by atoms with Crippen molar-refractivity contribution < 1.29 is 14.5 Å². The fraction of sp³-hybridized carbons (Fsp3) is 0.286. The average molecular weight is 468 g/mol. The minimum atomic E-state index is -0.611. The molecular formula is C21H21N7O4S. The van der Waals surface area contributed by atoms with Crippen LogP contribution in [0.5, 0.6) is 0 Å². The Labute approximate surface area is 192 Å². The number of carbonyl (C=O) groups is 2. The van der Waals surface area contributed by atoms with Crippen LogP contribution in [-0.2, 0) is 7.05 Å². The first-order valence-corrected chi connectivity index (χ1v) is 11.1. The highest BCUT2D eigenvalue weighted by atomic mass is 32.2. The molecule has 33 heavy (non-hydrogen) atoms. The molecule has 0 radical (unpaired) electrons. The molecule has 12 heteroatoms. The molecule has 3 N–H and O–H groups in total. The van der Waals surface area contributed by atoms with Crippen molar-refractivity contribution in [1.82, 2.24) is 19.7 Å². The summed E-state index contributed by atoms with van der Waals surface area (Å²) in [6.07, 6.45) is 7.18. The topological polar surface area (TPSA) is 159 Å². The Hall–Kier alpha value is -3.80. The van der Waals surface area contributed by atoms with Gasteiger partial charge in [-0.2, -0.15) is 0 Å². The highest BCUT2D eigenvalue weighted by Gasteiger charge is 2.24. The smallest absolute Gasteiger partial charge is 0.270 e. The average Bonchev–Trinajstić information content (AvgIpc) is 3.46. The van der Waals surface area contributed by atoms with Crippen molar-refractivity contribution in [3.05, 3.63) is 63.6 Å². The lowest BCUT2D eigenvalue weighted by Crippen LogP contribution is -2.19. The molecular weight excluding hydrogens is 446 g/mol. The van der Waals surface area contributed by atoms with E-state index in [0.29, 0.717) is 15.6 Å². The first-order valence-electron chi connectivity index (χ1n) is 10.2. The maximum absolute atomic E-state index is 13.1. The molecule has 0 saturated heterocycles. The SMILES string of the molecule is Cn1cnnc1Sc1ccc([N+](=O)[O-])cc1C(=O)Nc1cc(C(N)=O)c(C2CCCC2)cn1. The van der Waals surface area contributed by atoms with Crippen molar-refractivity contribution in [2.75, 3.05) is 5.32 Å². The molecule has 3 aromatic rings. The van der Waals surface area contributed by atoms with Gasteiger partial charge < -0.3 is 15.6 Å². The minimum absolute atomic E-state index is 0.0690. The third-order valence-corrected chi connectivity index (χ3v) is 6.65. The van der Waals surface area contributed by atoms with E-state index in [2.05, 4.69) is 20.5 Å². The van der Waals surface area contributed by atoms with Crippen LogP contribution >= 0.6 is 11.8 Å². The molecule has 2 aromatic heterocycles. The van der Waals surface area contributed by atoms with Crippen molar-refractivity contribution in [3.8, 4) is 0 Å². The van der Waals surface area contributed by atoms with Gasteiger partial charge in [-0.1, -0.05) is 12.8 Å². The number of nitrogens with zero attached hydrogens (tertiary/aromatic N) is 5. The third kappa shape index (κ3) is 4.85. The van der Waals surface area contributed by atoms with E-state index in [1.807, 2.05) is 0 Å². The number of nitrogens with one attached hydrogen (secondary N) is 1. The van der Waals surface area contributed by atoms with Crippen LogP contribution in [0.15, 0.2) is 46.8 Å². The van der Waals surface area contributed by atoms with Gasteiger partial charge in [0.2, 0.25) is 5.91 Å². The lowest BCUT2D eigenvalue weighted by Gasteiger charge is -2.15. The van der Waals surface area contributed by atoms with E-state index in [0.717, 1.165) is 43.0 Å². The quantitative estimate of drug-likeness (QED) is 0.395. The molecule has 1 fully saturated rings. The number of nitro groups is 1. The first-order chi connectivity index (χ1) is 15.8. The molecule has 0 aliphatic heterocycles. The molecule has 0 bridgehead atoms. The van der Waals surface area contributed by atoms with E-state index >= 15 is 0 Å². The zero-order valence-electron chi connectivity index (χ0n) is 17.7. The Morgan fingerprint density at radius 2 is 2.00 bits per heavy atom. The van der Waals surface area contributed by atoms with Gasteiger partial charge in [0.05, 0.1) is 10.5 Å². The van der Waals surface area contributed by atoms with E-state index in [1.165, 1.54) is 30.6 Å². The van der Waals surface area contributed by atoms with E-state index in [4.69, 9.17) is 5.73 Å². The standard InChI is InChI=1S/C21H21N7O4S/c1-27-11-24-26-21(27)33-17-7-6-13(28(31)32)8-15(17)20(30)25-18-9-14(19(22)29)16(10-23-18)12-4-2-3-5-12/h6-12H,2-5H2,1H3,(H2,22,29)(H,23,25,30). The van der Waals surface area contributed by atoms with Crippen molar-refractivity contribution >= 4 is 35.1 Å². The van der Waals surface area contributed by atoms with Crippen LogP contribution in [0.25, 0.3) is 0 Å². The predicted octanol–water partition coefficient (Wildman–Crippen LogP) is 3.28. The van der Waals surface area contributed by atoms with Crippen LogP contribution in [0.3, 0.4) is 0 Å². The molecule has 1 saturated carbocycles. The van der Waals surface area contributed by atoms with Crippen LogP contribution < -0.4 is 11.1 Å². The van der Waals surface area contributed by atoms with Crippen molar-refractivity contribution in [3.63, 3.8) is 0 Å². The third-order valence-electron chi connectivity index (χ3n) is 5.53. The molecule has 1 aromatic carbocycles. The molecule has 2 heterocycles. The van der Waals surface area contributed by atoms with Crippen LogP contribution in [0.4, 0.5) is 11.5 Å². The fourth-order valence-electron chi connectivity index (χ4n) is 3.85. The number of primary amides is 1. The summed E-state index contributed by atoms with van der Waals surface area (Å²) in [4.78, 5) is 40.6. The van der Waals surface area contributed by atoms with Crippen molar-refractivity contribution in [1.29, 1.82) is 0 Å². The van der Waals surface area contributed by atoms with Gasteiger partial charge in [-0.15, -0.1) is 10.2 Å². The van der Waals surface area contributed by atoms with E-state index in [1.54, 1.807) is 17.8 Å². The Kier molecular flexibility index (Phi) is 6.36. The Morgan fingerprint density at radius 1 is 1.24 bits per heavy atom. The Morgan fingerprint density at radius 3 is 2.64 bits per heavy atom. The van der Waals surface area contributed by atoms with Gasteiger partial charge in [0.15, 0.2) is 5.16 Å². The molecule has 170 valence electrons. The highest BCUT2D eigenvalue weighted by molar-refractivity contribution is 7.99. The molecule has 11 nitrogen and oxygen atoms in total. The van der Waals surface area contributed by atoms with Crippen LogP contribution in [0, 0.1) is 10.1 Å². The van der Waals surface area contributed by atoms with E-state index < -0.39 is 16.7 Å². The molecule has 1 aliphatic carbocycles. The van der Waals surface area contributed by atoms with Gasteiger partial charge >= 0.3 is 0 Å². The number of aryl methyl sites for hydroxylation is 1. The maximum atomic E-state index is 13.1. The lowest BCUT2D eigenvalue weighted by molar-refractivity contribution is -0.384. The fourth-order valence-corrected chi connectivity index (χ4v) is 4.73. The summed E-state index contributed by atoms with van der Waals surface area (Å²) in [6.45, 7) is 0. The largest absolute Gasteiger partial charge is 0.366 e. The number of nitro benzene ring substituents is 1. The van der Waals surface area contributed by atoms with Gasteiger partial charge in [-0.05, 0) is 48.2 Å². The first kappa shape index (κ1) is 22.4. The van der Waals surface area contributed by atoms with E-state index in [9.17, 15) is 19.7 Å². The number of hydrogen-bond donors (Lipinski definition) is 2. The molecule has 0 atom stereocenters. The second-order valence-electron chi connectivity index (χ2n) is 7.72. The number of aromatic nitrogens is 4. The van der Waals surface area contributed by atoms with Crippen molar-refractivity contribution in [2.45, 2.75) is 41.7 Å². The maximum Gasteiger partial charge on any atom is 0.270 e. The number of carbonyl (C=O) groups excluding carboxylic acids is 2. The van der Waals surface area contributed by atoms with Gasteiger partial charge in [-0.3, -0.25) is 19.7 Å². The molecule has 0 spiro atoms. The summed E-state index contributed by atoms with van der Waals surface area (Å²) in [6, 6.07) is 5.45. The molecule has 0 unspecified atom stereocenters. The summed E-state index contributed by atoms with van der Waals surface area (Å²) in [5, 5.41) is 22.2. The number of hydrogen-bond acceptors (Lipinski definition) is 8. The summed E-state index contributed by atoms with van der Waals surface area (Å²) in [7, 11) is 1.74. The number of nitrogens with two attached hydrogens (primary N) is 1. The highest BCUT2D eigenvalue weighted by Crippen LogP contribution is 2.36. The number of benzene rings is 1. The summed E-state index contributed by atoms with van der Waals surface area (Å²) in [5.41, 5.74) is 6.53. The van der Waals surface area contributed by atoms with Gasteiger partial charge in [0.1, 0.15) is 12.1 Å². The summed E-state index contributed by atoms with van der Waals surface area (Å²) < 4.78 is 1.66. The zero-order chi connectivity index (χ0) is 23.5. The van der Waals surface area contributed by atoms with E-state index in [-0.39, 0.29) is 23.0 Å². The summed E-state index contributed by atoms with van der Waals surface area (Å²) >= 11 is 1.15. The molecule has 2 amide bonds. The van der Waals surface area contributed by atoms with Crippen LogP contribution in [0.2, 0.25) is 0 Å². The van der Waals surface area contributed by atoms with Crippen LogP contribution in [0.1, 0.15) is 57.9 Å². The molecule has 1 aliphatic rings. The number of pyridine rings is 1. The van der Waals surface area contributed by atoms with Crippen molar-refractivity contribution in [2.24, 2.45) is 12.8 Å². The molecule has 4 rings (SSSR count). The lowest BCUT2D eigenvalue weighted by atomic mass is 9.94. The number of rotatable bonds is 7. The second-order valence-corrected chi connectivity index (χ2v) is 8.73. The minimum Gasteiger partial charge on any atom is -0.366 e. The van der Waals surface area contributed by atoms with Gasteiger partial charge in [-0.25, -0.2) is 4.98 Å². The normalized spacial score (nSPS) is 13.7. The number of anilines is 1. The monoisotopic (exact) mass is 467 g/mol. The van der Waals surface area contributed by atoms with Gasteiger partial charge in [0, 0.05) is 35.8 Å². The predicted molar refractivity (Wildman–Crippen MR) is 120 cm³/mol. The number of amides is 2. The Balaban J connectivity index is 1.65. The van der Waals surface area contributed by atoms with Crippen LogP contribution in [-0.4, -0.2) is 36.5 Å². The van der Waals surface area contributed by atoms with Gasteiger partial charge in [0.25, 0.3) is 11.6 Å². The number of non-ortho nitro benzene ring substituents is 1. The summed E-state index contributed by atoms with van der Waals surface area (Å²) in [5.74, 6) is -0.851. The Bertz CT molecular complexity index is 1240. The second kappa shape index (κ2) is 9.36.